The Morgan fingerprint density at radius 2 is 2.10 bits per heavy atom. The Kier molecular flexibility index (Phi) is 4.67. The molecule has 0 radical (unpaired) electrons. The predicted molar refractivity (Wildman–Crippen MR) is 72.3 cm³/mol. The molecule has 0 saturated carbocycles. The molecule has 1 aromatic carbocycles. The molecule has 1 amide bonds. The molecule has 0 saturated heterocycles. The first kappa shape index (κ1) is 14.0. The van der Waals surface area contributed by atoms with Crippen molar-refractivity contribution in [2.45, 2.75) is 6.61 Å². The molecular weight excluding hydrogens is 260 g/mol. The van der Waals surface area contributed by atoms with E-state index < -0.39 is 5.69 Å². The first-order valence-corrected chi connectivity index (χ1v) is 6.18. The number of hydrogen-bond donors (Lipinski definition) is 2. The van der Waals surface area contributed by atoms with Crippen LogP contribution in [0, 0.1) is 0 Å². The van der Waals surface area contributed by atoms with Crippen LogP contribution in [-0.2, 0) is 11.3 Å². The standard InChI is InChI=1S/C13H16N4O3/c1-17(12(18)11-14-13(19)16-15-11)7-8-20-9-10-5-3-2-4-6-10/h2-6H,7-9H2,1H3,(H2,14,15,16,19). The molecule has 0 spiro atoms. The lowest BCUT2D eigenvalue weighted by atomic mass is 10.2. The molecule has 0 aliphatic heterocycles. The van der Waals surface area contributed by atoms with Crippen LogP contribution < -0.4 is 5.69 Å². The Balaban J connectivity index is 1.74. The second-order valence-electron chi connectivity index (χ2n) is 4.29. The Hall–Kier alpha value is -2.41. The van der Waals surface area contributed by atoms with Gasteiger partial charge < -0.3 is 9.64 Å². The summed E-state index contributed by atoms with van der Waals surface area (Å²) >= 11 is 0. The van der Waals surface area contributed by atoms with Crippen molar-refractivity contribution in [3.8, 4) is 0 Å². The predicted octanol–water partition coefficient (Wildman–Crippen LogP) is 0.387. The minimum atomic E-state index is -0.498. The van der Waals surface area contributed by atoms with E-state index in [4.69, 9.17) is 4.74 Å². The summed E-state index contributed by atoms with van der Waals surface area (Å²) in [4.78, 5) is 26.5. The first-order chi connectivity index (χ1) is 9.66. The number of benzene rings is 1. The molecule has 0 aliphatic carbocycles. The number of nitrogens with one attached hydrogen (secondary N) is 2. The molecule has 1 aromatic heterocycles. The van der Waals surface area contributed by atoms with Crippen LogP contribution in [0.2, 0.25) is 0 Å². The van der Waals surface area contributed by atoms with Gasteiger partial charge in [0.25, 0.3) is 5.91 Å². The monoisotopic (exact) mass is 276 g/mol. The highest BCUT2D eigenvalue weighted by Crippen LogP contribution is 2.00. The lowest BCUT2D eigenvalue weighted by Crippen LogP contribution is -2.31. The van der Waals surface area contributed by atoms with Crippen LogP contribution in [0.3, 0.4) is 0 Å². The third-order valence-corrected chi connectivity index (χ3v) is 2.73. The summed E-state index contributed by atoms with van der Waals surface area (Å²) in [6, 6.07) is 9.79. The molecular formula is C13H16N4O3. The van der Waals surface area contributed by atoms with Crippen molar-refractivity contribution in [1.29, 1.82) is 0 Å². The van der Waals surface area contributed by atoms with E-state index >= 15 is 0 Å². The Morgan fingerprint density at radius 3 is 2.75 bits per heavy atom. The topological polar surface area (TPSA) is 91.1 Å². The maximum Gasteiger partial charge on any atom is 0.341 e. The number of amides is 1. The van der Waals surface area contributed by atoms with Crippen molar-refractivity contribution >= 4 is 5.91 Å². The van der Waals surface area contributed by atoms with E-state index in [1.807, 2.05) is 30.3 Å². The minimum Gasteiger partial charge on any atom is -0.375 e. The van der Waals surface area contributed by atoms with Gasteiger partial charge in [-0.3, -0.25) is 9.78 Å². The zero-order valence-electron chi connectivity index (χ0n) is 11.1. The zero-order chi connectivity index (χ0) is 14.4. The largest absolute Gasteiger partial charge is 0.375 e. The van der Waals surface area contributed by atoms with Gasteiger partial charge in [0.1, 0.15) is 0 Å². The van der Waals surface area contributed by atoms with Gasteiger partial charge in [0.2, 0.25) is 5.82 Å². The number of aromatic nitrogens is 3. The van der Waals surface area contributed by atoms with Crippen molar-refractivity contribution in [3.63, 3.8) is 0 Å². The molecule has 1 heterocycles. The van der Waals surface area contributed by atoms with Crippen molar-refractivity contribution in [3.05, 3.63) is 52.2 Å². The molecule has 0 atom stereocenters. The fraction of sp³-hybridized carbons (Fsp3) is 0.308. The molecule has 7 nitrogen and oxygen atoms in total. The van der Waals surface area contributed by atoms with Gasteiger partial charge in [-0.2, -0.15) is 0 Å². The van der Waals surface area contributed by atoms with Crippen LogP contribution >= 0.6 is 0 Å². The third kappa shape index (κ3) is 3.79. The molecule has 20 heavy (non-hydrogen) atoms. The molecule has 0 unspecified atom stereocenters. The minimum absolute atomic E-state index is 0.000518. The number of hydrogen-bond acceptors (Lipinski definition) is 4. The van der Waals surface area contributed by atoms with Gasteiger partial charge in [-0.1, -0.05) is 30.3 Å². The highest BCUT2D eigenvalue weighted by Gasteiger charge is 2.14. The van der Waals surface area contributed by atoms with E-state index in [0.29, 0.717) is 19.8 Å². The average Bonchev–Trinajstić information content (AvgIpc) is 2.90. The molecule has 7 heteroatoms. The number of nitrogens with zero attached hydrogens (tertiary/aromatic N) is 2. The van der Waals surface area contributed by atoms with Crippen LogP contribution in [0.5, 0.6) is 0 Å². The SMILES string of the molecule is CN(CCOCc1ccccc1)C(=O)c1n[nH]c(=O)[nH]1. The number of rotatable bonds is 6. The number of carbonyl (C=O) groups excluding carboxylic acids is 1. The molecule has 2 aromatic rings. The molecule has 106 valence electrons. The van der Waals surface area contributed by atoms with Gasteiger partial charge in [0.15, 0.2) is 0 Å². The van der Waals surface area contributed by atoms with Gasteiger partial charge in [-0.25, -0.2) is 9.89 Å². The maximum atomic E-state index is 11.8. The normalized spacial score (nSPS) is 10.4. The first-order valence-electron chi connectivity index (χ1n) is 6.18. The smallest absolute Gasteiger partial charge is 0.341 e. The summed E-state index contributed by atoms with van der Waals surface area (Å²) in [5.74, 6) is -0.354. The van der Waals surface area contributed by atoms with Crippen LogP contribution in [0.1, 0.15) is 16.2 Å². The Labute approximate surface area is 115 Å². The number of carbonyl (C=O) groups is 1. The maximum absolute atomic E-state index is 11.8. The fourth-order valence-electron chi connectivity index (χ4n) is 1.62. The van der Waals surface area contributed by atoms with Crippen LogP contribution in [0.15, 0.2) is 35.1 Å². The van der Waals surface area contributed by atoms with Gasteiger partial charge in [-0.15, -0.1) is 5.10 Å². The second kappa shape index (κ2) is 6.67. The third-order valence-electron chi connectivity index (χ3n) is 2.73. The lowest BCUT2D eigenvalue weighted by Gasteiger charge is -2.15. The van der Waals surface area contributed by atoms with Gasteiger partial charge in [0.05, 0.1) is 13.2 Å². The zero-order valence-corrected chi connectivity index (χ0v) is 11.1. The summed E-state index contributed by atoms with van der Waals surface area (Å²) in [7, 11) is 1.63. The molecule has 0 aliphatic rings. The van der Waals surface area contributed by atoms with E-state index in [2.05, 4.69) is 15.2 Å². The van der Waals surface area contributed by atoms with E-state index in [1.165, 1.54) is 4.90 Å². The van der Waals surface area contributed by atoms with Crippen molar-refractivity contribution in [2.75, 3.05) is 20.2 Å². The van der Waals surface area contributed by atoms with Crippen LogP contribution in [0.25, 0.3) is 0 Å². The highest BCUT2D eigenvalue weighted by atomic mass is 16.5. The van der Waals surface area contributed by atoms with Gasteiger partial charge >= 0.3 is 5.69 Å². The van der Waals surface area contributed by atoms with Crippen molar-refractivity contribution in [1.82, 2.24) is 20.1 Å². The summed E-state index contributed by atoms with van der Waals surface area (Å²) in [5, 5.41) is 5.74. The second-order valence-corrected chi connectivity index (χ2v) is 4.29. The lowest BCUT2D eigenvalue weighted by molar-refractivity contribution is 0.0661. The number of aromatic amines is 2. The van der Waals surface area contributed by atoms with Crippen LogP contribution in [-0.4, -0.2) is 46.2 Å². The average molecular weight is 276 g/mol. The summed E-state index contributed by atoms with van der Waals surface area (Å²) in [6.45, 7) is 1.33. The van der Waals surface area contributed by atoms with E-state index in [9.17, 15) is 9.59 Å². The number of likely N-dealkylation sites (N-methyl/N-ethyl adjacent to an activating group) is 1. The van der Waals surface area contributed by atoms with E-state index in [0.717, 1.165) is 5.56 Å². The van der Waals surface area contributed by atoms with Crippen LogP contribution in [0.4, 0.5) is 0 Å². The summed E-state index contributed by atoms with van der Waals surface area (Å²) in [5.41, 5.74) is 0.584. The molecule has 0 bridgehead atoms. The Bertz CT molecular complexity index is 605. The van der Waals surface area contributed by atoms with Crippen molar-refractivity contribution in [2.24, 2.45) is 0 Å². The van der Waals surface area contributed by atoms with Gasteiger partial charge in [0, 0.05) is 13.6 Å². The number of ether oxygens (including phenoxy) is 1. The van der Waals surface area contributed by atoms with Gasteiger partial charge in [-0.05, 0) is 5.56 Å². The van der Waals surface area contributed by atoms with Crippen molar-refractivity contribution < 1.29 is 9.53 Å². The molecule has 0 fully saturated rings. The quantitative estimate of drug-likeness (QED) is 0.746. The summed E-state index contributed by atoms with van der Waals surface area (Å²) < 4.78 is 5.49. The van der Waals surface area contributed by atoms with E-state index in [-0.39, 0.29) is 11.7 Å². The Morgan fingerprint density at radius 1 is 1.35 bits per heavy atom. The fourth-order valence-corrected chi connectivity index (χ4v) is 1.62. The molecule has 2 rings (SSSR count). The van der Waals surface area contributed by atoms with E-state index in [1.54, 1.807) is 7.05 Å². The number of H-pyrrole nitrogens is 2. The highest BCUT2D eigenvalue weighted by molar-refractivity contribution is 5.90. The molecule has 2 N–H and O–H groups in total. The summed E-state index contributed by atoms with van der Waals surface area (Å²) in [6.07, 6.45) is 0.